The van der Waals surface area contributed by atoms with Gasteiger partial charge in [0.25, 0.3) is 0 Å². The highest BCUT2D eigenvalue weighted by Gasteiger charge is 2.13. The third kappa shape index (κ3) is 1.66. The Morgan fingerprint density at radius 2 is 2.17 bits per heavy atom. The zero-order valence-corrected chi connectivity index (χ0v) is 9.74. The van der Waals surface area contributed by atoms with Gasteiger partial charge in [-0.05, 0) is 24.3 Å². The zero-order valence-electron chi connectivity index (χ0n) is 9.74. The van der Waals surface area contributed by atoms with Crippen LogP contribution in [0.25, 0.3) is 10.9 Å². The Bertz CT molecular complexity index is 732. The summed E-state index contributed by atoms with van der Waals surface area (Å²) in [6, 6.07) is 9.22. The molecule has 0 N–H and O–H groups in total. The van der Waals surface area contributed by atoms with Gasteiger partial charge in [-0.1, -0.05) is 11.3 Å². The van der Waals surface area contributed by atoms with Crippen LogP contribution in [0.1, 0.15) is 16.1 Å². The van der Waals surface area contributed by atoms with Gasteiger partial charge in [-0.3, -0.25) is 9.78 Å². The second kappa shape index (κ2) is 4.03. The summed E-state index contributed by atoms with van der Waals surface area (Å²) in [5.74, 6) is -0.0896. The number of fused-ring (bicyclic) bond motifs is 1. The first kappa shape index (κ1) is 10.6. The summed E-state index contributed by atoms with van der Waals surface area (Å²) in [7, 11) is 1.70. The van der Waals surface area contributed by atoms with Crippen molar-refractivity contribution >= 4 is 16.7 Å². The number of carbonyl (C=O) groups is 1. The number of ketones is 1. The molecule has 0 amide bonds. The summed E-state index contributed by atoms with van der Waals surface area (Å²) in [5, 5.41) is 8.41. The number of rotatable bonds is 2. The van der Waals surface area contributed by atoms with Crippen LogP contribution in [-0.4, -0.2) is 25.8 Å². The van der Waals surface area contributed by atoms with Crippen molar-refractivity contribution in [3.63, 3.8) is 0 Å². The lowest BCUT2D eigenvalue weighted by Gasteiger charge is -2.02. The van der Waals surface area contributed by atoms with E-state index in [0.717, 1.165) is 10.9 Å². The van der Waals surface area contributed by atoms with Gasteiger partial charge in [-0.15, -0.1) is 5.10 Å². The number of nitrogens with zero attached hydrogens (tertiary/aromatic N) is 4. The molecule has 5 heteroatoms. The van der Waals surface area contributed by atoms with E-state index in [0.29, 0.717) is 11.3 Å². The molecule has 1 aromatic carbocycles. The molecule has 0 aliphatic carbocycles. The fourth-order valence-electron chi connectivity index (χ4n) is 1.86. The molecule has 2 aromatic heterocycles. The van der Waals surface area contributed by atoms with Gasteiger partial charge in [-0.2, -0.15) is 0 Å². The van der Waals surface area contributed by atoms with Crippen molar-refractivity contribution in [2.24, 2.45) is 7.05 Å². The molecule has 0 saturated carbocycles. The monoisotopic (exact) mass is 238 g/mol. The summed E-state index contributed by atoms with van der Waals surface area (Å²) < 4.78 is 1.47. The maximum absolute atomic E-state index is 12.3. The van der Waals surface area contributed by atoms with Crippen molar-refractivity contribution in [3.05, 3.63) is 54.0 Å². The highest BCUT2D eigenvalue weighted by molar-refractivity contribution is 6.09. The first-order valence-electron chi connectivity index (χ1n) is 5.50. The highest BCUT2D eigenvalue weighted by atomic mass is 16.1. The van der Waals surface area contributed by atoms with Gasteiger partial charge in [0, 0.05) is 24.2 Å². The van der Waals surface area contributed by atoms with Crippen LogP contribution in [-0.2, 0) is 7.05 Å². The predicted octanol–water partition coefficient (Wildman–Crippen LogP) is 1.59. The minimum absolute atomic E-state index is 0.0896. The fraction of sp³-hybridized carbons (Fsp3) is 0.0769. The van der Waals surface area contributed by atoms with Gasteiger partial charge in [-0.25, -0.2) is 4.68 Å². The van der Waals surface area contributed by atoms with E-state index in [-0.39, 0.29) is 5.78 Å². The molecule has 3 aromatic rings. The Balaban J connectivity index is 2.10. The van der Waals surface area contributed by atoms with Crippen molar-refractivity contribution < 1.29 is 4.79 Å². The van der Waals surface area contributed by atoms with Crippen LogP contribution >= 0.6 is 0 Å². The Labute approximate surface area is 103 Å². The van der Waals surface area contributed by atoms with Crippen molar-refractivity contribution in [1.82, 2.24) is 20.0 Å². The van der Waals surface area contributed by atoms with Crippen molar-refractivity contribution in [2.75, 3.05) is 0 Å². The lowest BCUT2D eigenvalue weighted by atomic mass is 10.1. The van der Waals surface area contributed by atoms with Crippen LogP contribution in [0.2, 0.25) is 0 Å². The van der Waals surface area contributed by atoms with E-state index in [1.807, 2.05) is 24.3 Å². The second-order valence-corrected chi connectivity index (χ2v) is 3.98. The van der Waals surface area contributed by atoms with Crippen LogP contribution in [0.3, 0.4) is 0 Å². The molecule has 3 rings (SSSR count). The van der Waals surface area contributed by atoms with Gasteiger partial charge in [0.05, 0.1) is 11.7 Å². The molecular formula is C13H10N4O. The third-order valence-electron chi connectivity index (χ3n) is 2.81. The maximum atomic E-state index is 12.3. The molecule has 0 bridgehead atoms. The number of benzene rings is 1. The molecule has 0 aliphatic heterocycles. The highest BCUT2D eigenvalue weighted by Crippen LogP contribution is 2.15. The van der Waals surface area contributed by atoms with Crippen LogP contribution < -0.4 is 0 Å². The molecule has 0 atom stereocenters. The van der Waals surface area contributed by atoms with E-state index in [2.05, 4.69) is 15.3 Å². The molecular weight excluding hydrogens is 228 g/mol. The second-order valence-electron chi connectivity index (χ2n) is 3.98. The first-order chi connectivity index (χ1) is 8.75. The molecule has 88 valence electrons. The molecule has 0 saturated heterocycles. The SMILES string of the molecule is Cn1nncc1C(=O)c1ccc2ncccc2c1. The van der Waals surface area contributed by atoms with Crippen LogP contribution in [0.4, 0.5) is 0 Å². The van der Waals surface area contributed by atoms with Crippen molar-refractivity contribution in [3.8, 4) is 0 Å². The number of carbonyl (C=O) groups excluding carboxylic acids is 1. The van der Waals surface area contributed by atoms with E-state index < -0.39 is 0 Å². The summed E-state index contributed by atoms with van der Waals surface area (Å²) in [5.41, 5.74) is 1.95. The minimum Gasteiger partial charge on any atom is -0.287 e. The number of pyridine rings is 1. The average molecular weight is 238 g/mol. The van der Waals surface area contributed by atoms with E-state index >= 15 is 0 Å². The topological polar surface area (TPSA) is 60.7 Å². The van der Waals surface area contributed by atoms with Crippen LogP contribution in [0.15, 0.2) is 42.7 Å². The lowest BCUT2D eigenvalue weighted by molar-refractivity contribution is 0.103. The Kier molecular flexibility index (Phi) is 2.37. The number of hydrogen-bond acceptors (Lipinski definition) is 4. The van der Waals surface area contributed by atoms with Crippen LogP contribution in [0.5, 0.6) is 0 Å². The largest absolute Gasteiger partial charge is 0.287 e. The predicted molar refractivity (Wildman–Crippen MR) is 66.2 cm³/mol. The molecule has 0 aliphatic rings. The van der Waals surface area contributed by atoms with Crippen LogP contribution in [0, 0.1) is 0 Å². The Hall–Kier alpha value is -2.56. The van der Waals surface area contributed by atoms with E-state index in [1.165, 1.54) is 10.9 Å². The molecule has 5 nitrogen and oxygen atoms in total. The molecule has 0 radical (unpaired) electrons. The van der Waals surface area contributed by atoms with Gasteiger partial charge in [0.2, 0.25) is 5.78 Å². The fourth-order valence-corrected chi connectivity index (χ4v) is 1.86. The van der Waals surface area contributed by atoms with Gasteiger partial charge in [0.15, 0.2) is 0 Å². The standard InChI is InChI=1S/C13H10N4O/c1-17-12(8-15-16-17)13(18)10-4-5-11-9(7-10)3-2-6-14-11/h2-8H,1H3. The lowest BCUT2D eigenvalue weighted by Crippen LogP contribution is -2.08. The summed E-state index contributed by atoms with van der Waals surface area (Å²) in [4.78, 5) is 16.5. The average Bonchev–Trinajstić information content (AvgIpc) is 2.83. The minimum atomic E-state index is -0.0896. The normalized spacial score (nSPS) is 10.7. The smallest absolute Gasteiger partial charge is 0.212 e. The van der Waals surface area contributed by atoms with Gasteiger partial charge < -0.3 is 0 Å². The number of aromatic nitrogens is 4. The number of aryl methyl sites for hydroxylation is 1. The quantitative estimate of drug-likeness (QED) is 0.636. The molecule has 2 heterocycles. The first-order valence-corrected chi connectivity index (χ1v) is 5.50. The molecule has 18 heavy (non-hydrogen) atoms. The third-order valence-corrected chi connectivity index (χ3v) is 2.81. The summed E-state index contributed by atoms with van der Waals surface area (Å²) in [6.45, 7) is 0. The Morgan fingerprint density at radius 3 is 2.94 bits per heavy atom. The van der Waals surface area contributed by atoms with E-state index in [1.54, 1.807) is 19.3 Å². The van der Waals surface area contributed by atoms with E-state index in [4.69, 9.17) is 0 Å². The van der Waals surface area contributed by atoms with Gasteiger partial charge >= 0.3 is 0 Å². The van der Waals surface area contributed by atoms with Gasteiger partial charge in [0.1, 0.15) is 5.69 Å². The number of hydrogen-bond donors (Lipinski definition) is 0. The molecule has 0 fully saturated rings. The Morgan fingerprint density at radius 1 is 1.28 bits per heavy atom. The van der Waals surface area contributed by atoms with E-state index in [9.17, 15) is 4.79 Å². The summed E-state index contributed by atoms with van der Waals surface area (Å²) >= 11 is 0. The molecule has 0 unspecified atom stereocenters. The zero-order chi connectivity index (χ0) is 12.5. The molecule has 0 spiro atoms. The maximum Gasteiger partial charge on any atom is 0.212 e. The van der Waals surface area contributed by atoms with Crippen molar-refractivity contribution in [1.29, 1.82) is 0 Å². The summed E-state index contributed by atoms with van der Waals surface area (Å²) in [6.07, 6.45) is 3.20. The van der Waals surface area contributed by atoms with Crippen molar-refractivity contribution in [2.45, 2.75) is 0 Å².